The van der Waals surface area contributed by atoms with Crippen LogP contribution in [-0.4, -0.2) is 45.3 Å². The number of nitrogens with zero attached hydrogens (tertiary/aromatic N) is 2. The lowest BCUT2D eigenvalue weighted by molar-refractivity contribution is 0.0334. The van der Waals surface area contributed by atoms with E-state index >= 15 is 0 Å². The Hall–Kier alpha value is -1.39. The average Bonchev–Trinajstić information content (AvgIpc) is 2.87. The van der Waals surface area contributed by atoms with Crippen LogP contribution >= 0.6 is 7.82 Å². The van der Waals surface area contributed by atoms with E-state index in [1.807, 2.05) is 24.3 Å². The molecule has 0 bridgehead atoms. The molecule has 2 aromatic rings. The van der Waals surface area contributed by atoms with Crippen molar-refractivity contribution in [2.45, 2.75) is 0 Å². The Bertz CT molecular complexity index is 520. The molecule has 0 fully saturated rings. The monoisotopic (exact) mass is 305 g/mol. The van der Waals surface area contributed by atoms with Crippen LogP contribution in [0.1, 0.15) is 0 Å². The van der Waals surface area contributed by atoms with Gasteiger partial charge in [0, 0.05) is 13.1 Å². The maximum Gasteiger partial charge on any atom is 0.490 e. The van der Waals surface area contributed by atoms with E-state index in [0.717, 1.165) is 11.0 Å². The fourth-order valence-electron chi connectivity index (χ4n) is 1.07. The Morgan fingerprint density at radius 1 is 1.45 bits per heavy atom. The topological polar surface area (TPSA) is 156 Å². The van der Waals surface area contributed by atoms with Gasteiger partial charge in [0.15, 0.2) is 6.79 Å². The van der Waals surface area contributed by atoms with Crippen LogP contribution in [0.25, 0.3) is 11.0 Å². The molecule has 0 aliphatic rings. The molecule has 11 heteroatoms. The number of nitrogens with one attached hydrogen (secondary N) is 2. The summed E-state index contributed by atoms with van der Waals surface area (Å²) >= 11 is 0. The van der Waals surface area contributed by atoms with Crippen LogP contribution in [0.5, 0.6) is 0 Å². The van der Waals surface area contributed by atoms with Crippen molar-refractivity contribution in [3.05, 3.63) is 24.3 Å². The zero-order chi connectivity index (χ0) is 14.8. The van der Waals surface area contributed by atoms with E-state index in [9.17, 15) is 4.57 Å². The first kappa shape index (κ1) is 16.7. The number of hydrogen-bond acceptors (Lipinski definition) is 8. The number of aromatic nitrogens is 3. The number of aromatic amines is 1. The fourth-order valence-corrected chi connectivity index (χ4v) is 1.53. The number of nitrogens with two attached hydrogens (primary N) is 1. The second-order valence-corrected chi connectivity index (χ2v) is 4.71. The summed E-state index contributed by atoms with van der Waals surface area (Å²) in [5.74, 6) is 0. The van der Waals surface area contributed by atoms with Crippen molar-refractivity contribution < 1.29 is 23.7 Å². The first-order valence-electron chi connectivity index (χ1n) is 5.54. The highest BCUT2D eigenvalue weighted by molar-refractivity contribution is 7.47. The summed E-state index contributed by atoms with van der Waals surface area (Å²) in [6.45, 7) is -0.392. The lowest BCUT2D eigenvalue weighted by Gasteiger charge is -2.09. The second kappa shape index (κ2) is 8.72. The minimum Gasteiger partial charge on any atom is -0.370 e. The maximum absolute atomic E-state index is 10.5. The van der Waals surface area contributed by atoms with Gasteiger partial charge in [-0.2, -0.15) is 10.1 Å². The lowest BCUT2D eigenvalue weighted by atomic mass is 10.3. The van der Waals surface area contributed by atoms with Crippen molar-refractivity contribution in [1.29, 1.82) is 0 Å². The summed E-state index contributed by atoms with van der Waals surface area (Å²) in [7, 11) is -4.14. The van der Waals surface area contributed by atoms with E-state index in [4.69, 9.17) is 15.7 Å². The Kier molecular flexibility index (Phi) is 7.26. The summed E-state index contributed by atoms with van der Waals surface area (Å²) in [5, 5.41) is 18.3. The Labute approximate surface area is 114 Å². The number of aliphatic hydroxyl groups excluding tert-OH is 1. The van der Waals surface area contributed by atoms with Gasteiger partial charge in [-0.1, -0.05) is 17.3 Å². The van der Waals surface area contributed by atoms with Gasteiger partial charge in [-0.05, 0) is 12.1 Å². The summed E-state index contributed by atoms with van der Waals surface area (Å²) in [5.41, 5.74) is 9.01. The van der Waals surface area contributed by atoms with Crippen molar-refractivity contribution in [3.63, 3.8) is 0 Å². The number of phosphoric ester groups is 1. The van der Waals surface area contributed by atoms with Gasteiger partial charge < -0.3 is 15.7 Å². The Morgan fingerprint density at radius 2 is 2.20 bits per heavy atom. The molecule has 0 aliphatic carbocycles. The number of H-pyrrole nitrogens is 1. The van der Waals surface area contributed by atoms with Crippen LogP contribution in [0.3, 0.4) is 0 Å². The number of para-hydroxylation sites is 1. The predicted octanol–water partition coefficient (Wildman–Crippen LogP) is -0.509. The molecule has 2 rings (SSSR count). The lowest BCUT2D eigenvalue weighted by Crippen LogP contribution is -2.22. The van der Waals surface area contributed by atoms with Crippen LogP contribution in [0, 0.1) is 0 Å². The number of benzene rings is 1. The van der Waals surface area contributed by atoms with Crippen LogP contribution < -0.4 is 11.2 Å². The van der Waals surface area contributed by atoms with Crippen molar-refractivity contribution in [3.8, 4) is 0 Å². The van der Waals surface area contributed by atoms with Gasteiger partial charge in [0.1, 0.15) is 5.52 Å². The van der Waals surface area contributed by atoms with Gasteiger partial charge in [-0.15, -0.1) is 5.10 Å². The Morgan fingerprint density at radius 3 is 2.85 bits per heavy atom. The van der Waals surface area contributed by atoms with Crippen LogP contribution in [-0.2, 0) is 13.7 Å². The molecule has 1 heterocycles. The molecular formula is C9H16N5O5P. The minimum atomic E-state index is -4.14. The highest BCUT2D eigenvalue weighted by atomic mass is 31.2. The summed E-state index contributed by atoms with van der Waals surface area (Å²) in [6.07, 6.45) is 0. The highest BCUT2D eigenvalue weighted by Crippen LogP contribution is 2.41. The first-order valence-corrected chi connectivity index (χ1v) is 7.04. The van der Waals surface area contributed by atoms with Crippen molar-refractivity contribution in [2.24, 2.45) is 5.73 Å². The van der Waals surface area contributed by atoms with Crippen LogP contribution in [0.2, 0.25) is 0 Å². The molecule has 0 spiro atoms. The van der Waals surface area contributed by atoms with Crippen LogP contribution in [0.15, 0.2) is 24.3 Å². The fraction of sp³-hybridized carbons (Fsp3) is 0.333. The van der Waals surface area contributed by atoms with Gasteiger partial charge in [0.2, 0.25) is 0 Å². The van der Waals surface area contributed by atoms with Gasteiger partial charge in [-0.3, -0.25) is 9.62 Å². The molecule has 0 saturated heterocycles. The molecule has 0 radical (unpaired) electrons. The standard InChI is InChI=1S/C6H5N3.C3H11N2O5P/c1-2-4-6-5(3-1)7-9-8-6;4-1-2-5-10-11(7,8)9-3-6/h1-4H,(H,7,8,9);5-6H,1-4H2,(H,7,8). The number of fused-ring (bicyclic) bond motifs is 1. The third kappa shape index (κ3) is 6.17. The largest absolute Gasteiger partial charge is 0.490 e. The van der Waals surface area contributed by atoms with Gasteiger partial charge in [0.25, 0.3) is 0 Å². The summed E-state index contributed by atoms with van der Waals surface area (Å²) < 4.78 is 18.6. The number of aliphatic hydroxyl groups is 1. The van der Waals surface area contributed by atoms with Gasteiger partial charge in [0.05, 0.1) is 5.52 Å². The minimum absolute atomic E-state index is 0.222. The Balaban J connectivity index is 0.000000202. The van der Waals surface area contributed by atoms with Crippen LogP contribution in [0.4, 0.5) is 0 Å². The smallest absolute Gasteiger partial charge is 0.370 e. The molecule has 20 heavy (non-hydrogen) atoms. The third-order valence-electron chi connectivity index (χ3n) is 1.88. The average molecular weight is 305 g/mol. The molecule has 0 amide bonds. The number of hydrogen-bond donors (Lipinski definition) is 5. The zero-order valence-electron chi connectivity index (χ0n) is 10.5. The zero-order valence-corrected chi connectivity index (χ0v) is 11.4. The first-order chi connectivity index (χ1) is 9.59. The number of phosphoric acid groups is 1. The van der Waals surface area contributed by atoms with Crippen molar-refractivity contribution >= 4 is 18.9 Å². The molecule has 112 valence electrons. The molecule has 1 aromatic carbocycles. The van der Waals surface area contributed by atoms with E-state index in [0.29, 0.717) is 0 Å². The van der Waals surface area contributed by atoms with E-state index in [2.05, 4.69) is 30.0 Å². The third-order valence-corrected chi connectivity index (χ3v) is 2.68. The molecule has 1 aromatic heterocycles. The molecule has 0 aliphatic heterocycles. The second-order valence-electron chi connectivity index (χ2n) is 3.33. The normalized spacial score (nSPS) is 13.6. The molecule has 6 N–H and O–H groups in total. The van der Waals surface area contributed by atoms with Crippen molar-refractivity contribution in [1.82, 2.24) is 20.9 Å². The molecule has 10 nitrogen and oxygen atoms in total. The highest BCUT2D eigenvalue weighted by Gasteiger charge is 2.20. The molecule has 1 unspecified atom stereocenters. The number of rotatable bonds is 6. The molecular weight excluding hydrogens is 289 g/mol. The maximum atomic E-state index is 10.5. The van der Waals surface area contributed by atoms with Crippen molar-refractivity contribution in [2.75, 3.05) is 19.9 Å². The molecule has 0 saturated carbocycles. The van der Waals surface area contributed by atoms with E-state index in [-0.39, 0.29) is 13.1 Å². The van der Waals surface area contributed by atoms with Gasteiger partial charge in [-0.25, -0.2) is 4.57 Å². The van der Waals surface area contributed by atoms with Gasteiger partial charge >= 0.3 is 7.82 Å². The van der Waals surface area contributed by atoms with E-state index in [1.54, 1.807) is 0 Å². The van der Waals surface area contributed by atoms with E-state index < -0.39 is 14.6 Å². The summed E-state index contributed by atoms with van der Waals surface area (Å²) in [6, 6.07) is 7.74. The predicted molar refractivity (Wildman–Crippen MR) is 70.0 cm³/mol. The summed E-state index contributed by atoms with van der Waals surface area (Å²) in [4.78, 5) is 8.59. The quantitative estimate of drug-likeness (QED) is 0.205. The SMILES string of the molecule is NCCNOP(=O)(O)OCO.c1ccc2[nH]nnc2c1. The molecule has 1 atom stereocenters. The number of hydroxylamine groups is 1. The van der Waals surface area contributed by atoms with E-state index in [1.165, 1.54) is 0 Å².